The predicted molar refractivity (Wildman–Crippen MR) is 106 cm³/mol. The highest BCUT2D eigenvalue weighted by molar-refractivity contribution is 5.73. The van der Waals surface area contributed by atoms with E-state index in [4.69, 9.17) is 12.8 Å². The van der Waals surface area contributed by atoms with Crippen molar-refractivity contribution in [3.8, 4) is 30.4 Å². The van der Waals surface area contributed by atoms with Crippen LogP contribution in [0.5, 0.6) is 5.75 Å². The number of rotatable bonds is 8. The molecule has 1 aromatic rings. The van der Waals surface area contributed by atoms with Crippen LogP contribution >= 0.6 is 0 Å². The van der Waals surface area contributed by atoms with E-state index in [-0.39, 0.29) is 18.6 Å². The molecule has 2 atom stereocenters. The summed E-state index contributed by atoms with van der Waals surface area (Å²) in [6, 6.07) is 0. The number of carboxylic acids is 2. The number of pyridine rings is 1. The SMILES string of the molecule is C#CC(C)(C)C(Cc1cnc(C)c(O)c1CC(C(=O)O)C(C)(C)C#C)C(=O)O. The number of nitrogens with zero attached hydrogens (tertiary/aromatic N) is 1. The summed E-state index contributed by atoms with van der Waals surface area (Å²) in [5.74, 6) is 0.742. The highest BCUT2D eigenvalue weighted by atomic mass is 16.4. The fourth-order valence-corrected chi connectivity index (χ4v) is 3.02. The molecule has 1 rings (SSSR count). The van der Waals surface area contributed by atoms with Crippen molar-refractivity contribution in [3.05, 3.63) is 23.0 Å². The number of carbonyl (C=O) groups is 2. The van der Waals surface area contributed by atoms with Crippen LogP contribution in [0, 0.1) is 54.3 Å². The van der Waals surface area contributed by atoms with Crippen LogP contribution in [0.15, 0.2) is 6.20 Å². The third kappa shape index (κ3) is 4.84. The van der Waals surface area contributed by atoms with Crippen molar-refractivity contribution in [2.75, 3.05) is 0 Å². The maximum atomic E-state index is 11.8. The maximum Gasteiger partial charge on any atom is 0.308 e. The summed E-state index contributed by atoms with van der Waals surface area (Å²) in [4.78, 5) is 27.8. The fourth-order valence-electron chi connectivity index (χ4n) is 3.02. The van der Waals surface area contributed by atoms with Gasteiger partial charge in [0.05, 0.1) is 17.5 Å². The third-order valence-corrected chi connectivity index (χ3v) is 5.35. The summed E-state index contributed by atoms with van der Waals surface area (Å²) in [6.45, 7) is 8.16. The minimum Gasteiger partial charge on any atom is -0.506 e. The molecule has 0 spiro atoms. The molecule has 0 amide bonds. The number of aliphatic carboxylic acids is 2. The van der Waals surface area contributed by atoms with Crippen molar-refractivity contribution in [1.29, 1.82) is 0 Å². The Labute approximate surface area is 166 Å². The van der Waals surface area contributed by atoms with E-state index in [1.807, 2.05) is 0 Å². The lowest BCUT2D eigenvalue weighted by Crippen LogP contribution is -2.33. The smallest absolute Gasteiger partial charge is 0.308 e. The molecule has 0 saturated carbocycles. The molecule has 0 bridgehead atoms. The van der Waals surface area contributed by atoms with Crippen LogP contribution in [-0.2, 0) is 22.4 Å². The number of aryl methyl sites for hydroxylation is 1. The van der Waals surface area contributed by atoms with Gasteiger partial charge in [-0.15, -0.1) is 12.8 Å². The number of carboxylic acid groups (broad SMARTS) is 2. The quantitative estimate of drug-likeness (QED) is 0.594. The molecule has 0 saturated heterocycles. The molecule has 1 aromatic heterocycles. The van der Waals surface area contributed by atoms with Gasteiger partial charge in [0.2, 0.25) is 0 Å². The second-order valence-corrected chi connectivity index (χ2v) is 8.12. The van der Waals surface area contributed by atoms with E-state index >= 15 is 0 Å². The van der Waals surface area contributed by atoms with Gasteiger partial charge in [0, 0.05) is 22.6 Å². The van der Waals surface area contributed by atoms with Crippen molar-refractivity contribution in [1.82, 2.24) is 4.98 Å². The summed E-state index contributed by atoms with van der Waals surface area (Å²) in [7, 11) is 0. The third-order valence-electron chi connectivity index (χ3n) is 5.35. The lowest BCUT2D eigenvalue weighted by atomic mass is 9.73. The summed E-state index contributed by atoms with van der Waals surface area (Å²) in [6.07, 6.45) is 12.4. The van der Waals surface area contributed by atoms with Crippen LogP contribution in [0.1, 0.15) is 44.5 Å². The molecule has 150 valence electrons. The molecule has 6 nitrogen and oxygen atoms in total. The Hall–Kier alpha value is -2.99. The maximum absolute atomic E-state index is 11.8. The first-order valence-corrected chi connectivity index (χ1v) is 8.86. The van der Waals surface area contributed by atoms with Crippen LogP contribution in [-0.4, -0.2) is 32.2 Å². The van der Waals surface area contributed by atoms with E-state index in [2.05, 4.69) is 16.8 Å². The van der Waals surface area contributed by atoms with Gasteiger partial charge in [-0.1, -0.05) is 11.8 Å². The Morgan fingerprint density at radius 1 is 1.04 bits per heavy atom. The van der Waals surface area contributed by atoms with E-state index < -0.39 is 34.6 Å². The molecule has 3 N–H and O–H groups in total. The zero-order valence-electron chi connectivity index (χ0n) is 16.9. The number of hydrogen-bond acceptors (Lipinski definition) is 4. The summed E-state index contributed by atoms with van der Waals surface area (Å²) in [5, 5.41) is 29.9. The van der Waals surface area contributed by atoms with Gasteiger partial charge in [-0.3, -0.25) is 14.6 Å². The van der Waals surface area contributed by atoms with Gasteiger partial charge >= 0.3 is 11.9 Å². The Morgan fingerprint density at radius 2 is 1.46 bits per heavy atom. The van der Waals surface area contributed by atoms with E-state index in [0.29, 0.717) is 16.8 Å². The monoisotopic (exact) mass is 385 g/mol. The molecular weight excluding hydrogens is 358 g/mol. The summed E-state index contributed by atoms with van der Waals surface area (Å²) < 4.78 is 0. The van der Waals surface area contributed by atoms with Crippen molar-refractivity contribution in [2.45, 2.75) is 47.5 Å². The molecule has 0 aliphatic carbocycles. The normalized spacial score (nSPS) is 13.8. The van der Waals surface area contributed by atoms with Gasteiger partial charge in [0.25, 0.3) is 0 Å². The van der Waals surface area contributed by atoms with Gasteiger partial charge in [0.15, 0.2) is 0 Å². The zero-order chi connectivity index (χ0) is 21.9. The summed E-state index contributed by atoms with van der Waals surface area (Å²) in [5.41, 5.74) is -0.824. The van der Waals surface area contributed by atoms with Crippen LogP contribution in [0.2, 0.25) is 0 Å². The van der Waals surface area contributed by atoms with Gasteiger partial charge in [-0.05, 0) is 53.0 Å². The molecule has 0 aromatic carbocycles. The van der Waals surface area contributed by atoms with Crippen molar-refractivity contribution in [2.24, 2.45) is 22.7 Å². The minimum absolute atomic E-state index is 0.00548. The largest absolute Gasteiger partial charge is 0.506 e. The molecule has 1 heterocycles. The number of hydrogen-bond donors (Lipinski definition) is 3. The fraction of sp³-hybridized carbons (Fsp3) is 0.500. The van der Waals surface area contributed by atoms with E-state index in [1.165, 1.54) is 6.20 Å². The molecule has 2 unspecified atom stereocenters. The molecule has 0 aliphatic heterocycles. The molecule has 6 heteroatoms. The molecule has 28 heavy (non-hydrogen) atoms. The molecule has 0 fully saturated rings. The van der Waals surface area contributed by atoms with Gasteiger partial charge in [0.1, 0.15) is 5.75 Å². The Balaban J connectivity index is 3.51. The average molecular weight is 385 g/mol. The van der Waals surface area contributed by atoms with Gasteiger partial charge < -0.3 is 15.3 Å². The molecule has 0 aliphatic rings. The zero-order valence-corrected chi connectivity index (χ0v) is 16.9. The summed E-state index contributed by atoms with van der Waals surface area (Å²) >= 11 is 0. The number of terminal acetylenes is 2. The van der Waals surface area contributed by atoms with E-state index in [0.717, 1.165) is 0 Å². The highest BCUT2D eigenvalue weighted by Crippen LogP contribution is 2.37. The minimum atomic E-state index is -1.10. The first kappa shape index (κ1) is 23.0. The Kier molecular flexibility index (Phi) is 6.88. The molecule has 0 radical (unpaired) electrons. The van der Waals surface area contributed by atoms with Gasteiger partial charge in [-0.25, -0.2) is 0 Å². The first-order valence-electron chi connectivity index (χ1n) is 8.86. The van der Waals surface area contributed by atoms with Crippen LogP contribution < -0.4 is 0 Å². The van der Waals surface area contributed by atoms with Crippen LogP contribution in [0.4, 0.5) is 0 Å². The second-order valence-electron chi connectivity index (χ2n) is 8.12. The lowest BCUT2D eigenvalue weighted by molar-refractivity contribution is -0.145. The Morgan fingerprint density at radius 3 is 1.86 bits per heavy atom. The predicted octanol–water partition coefficient (Wildman–Crippen LogP) is 2.90. The Bertz CT molecular complexity index is 855. The topological polar surface area (TPSA) is 108 Å². The first-order chi connectivity index (χ1) is 12.8. The standard InChI is InChI=1S/C22H27NO5/c1-8-21(4,5)16(19(25)26)10-14-12-23-13(3)18(24)15(14)11-17(20(27)28)22(6,7)9-2/h1-2,12,16-17,24H,10-11H2,3-7H3,(H,25,26)(H,27,28). The van der Waals surface area contributed by atoms with E-state index in [9.17, 15) is 24.9 Å². The lowest BCUT2D eigenvalue weighted by Gasteiger charge is -2.29. The van der Waals surface area contributed by atoms with Crippen LogP contribution in [0.3, 0.4) is 0 Å². The molecular formula is C22H27NO5. The van der Waals surface area contributed by atoms with E-state index in [1.54, 1.807) is 34.6 Å². The van der Waals surface area contributed by atoms with Crippen molar-refractivity contribution >= 4 is 11.9 Å². The van der Waals surface area contributed by atoms with Crippen molar-refractivity contribution < 1.29 is 24.9 Å². The van der Waals surface area contributed by atoms with Crippen LogP contribution in [0.25, 0.3) is 0 Å². The number of aromatic nitrogens is 1. The second kappa shape index (κ2) is 8.35. The van der Waals surface area contributed by atoms with Crippen molar-refractivity contribution in [3.63, 3.8) is 0 Å². The number of aromatic hydroxyl groups is 1. The van der Waals surface area contributed by atoms with Gasteiger partial charge in [-0.2, -0.15) is 0 Å². The highest BCUT2D eigenvalue weighted by Gasteiger charge is 2.38. The average Bonchev–Trinajstić information content (AvgIpc) is 2.60.